The van der Waals surface area contributed by atoms with Crippen LogP contribution >= 0.6 is 11.6 Å². The van der Waals surface area contributed by atoms with Crippen LogP contribution in [0.5, 0.6) is 11.6 Å². The lowest BCUT2D eigenvalue weighted by molar-refractivity contribution is -0.123. The molecule has 4 rings (SSSR count). The van der Waals surface area contributed by atoms with Crippen LogP contribution in [0.15, 0.2) is 59.7 Å². The van der Waals surface area contributed by atoms with Crippen LogP contribution in [-0.2, 0) is 0 Å². The summed E-state index contributed by atoms with van der Waals surface area (Å²) in [7, 11) is 0. The van der Waals surface area contributed by atoms with Gasteiger partial charge in [-0.2, -0.15) is 13.2 Å². The summed E-state index contributed by atoms with van der Waals surface area (Å²) in [4.78, 5) is 34.4. The Balaban J connectivity index is 1.34. The van der Waals surface area contributed by atoms with Gasteiger partial charge in [0.1, 0.15) is 12.3 Å². The van der Waals surface area contributed by atoms with Crippen LogP contribution in [0, 0.1) is 18.8 Å². The first-order valence-electron chi connectivity index (χ1n) is 14.2. The minimum Gasteiger partial charge on any atom is -0.439 e. The van der Waals surface area contributed by atoms with E-state index in [1.165, 1.54) is 18.3 Å². The van der Waals surface area contributed by atoms with E-state index in [-0.39, 0.29) is 23.2 Å². The van der Waals surface area contributed by atoms with Crippen LogP contribution in [0.4, 0.5) is 18.9 Å². The number of carbonyl (C=O) groups is 2. The molecule has 3 N–H and O–H groups in total. The first-order chi connectivity index (χ1) is 20.5. The van der Waals surface area contributed by atoms with E-state index in [9.17, 15) is 22.8 Å². The van der Waals surface area contributed by atoms with Gasteiger partial charge in [0.25, 0.3) is 5.91 Å². The number of aromatic nitrogens is 1. The molecule has 0 bridgehead atoms. The van der Waals surface area contributed by atoms with Crippen molar-refractivity contribution in [1.29, 1.82) is 0 Å². The Bertz CT molecular complexity index is 1440. The van der Waals surface area contributed by atoms with Crippen molar-refractivity contribution in [3.63, 3.8) is 0 Å². The number of anilines is 1. The highest BCUT2D eigenvalue weighted by atomic mass is 35.5. The van der Waals surface area contributed by atoms with Crippen molar-refractivity contribution in [3.8, 4) is 11.6 Å². The smallest absolute Gasteiger partial charge is 0.405 e. The lowest BCUT2D eigenvalue weighted by Crippen LogP contribution is -2.34. The number of Topliss-reactive ketones (excluding diaryl/α,β-unsaturated/α-hetero) is 1. The zero-order chi connectivity index (χ0) is 31.0. The molecule has 228 valence electrons. The summed E-state index contributed by atoms with van der Waals surface area (Å²) in [6, 6.07) is 13.3. The Kier molecular flexibility index (Phi) is 10.8. The zero-order valence-corrected chi connectivity index (χ0v) is 24.5. The Morgan fingerprint density at radius 2 is 1.81 bits per heavy atom. The second kappa shape index (κ2) is 14.5. The lowest BCUT2D eigenvalue weighted by Gasteiger charge is -2.23. The highest BCUT2D eigenvalue weighted by molar-refractivity contribution is 6.30. The minimum atomic E-state index is -4.50. The fourth-order valence-electron chi connectivity index (χ4n) is 5.20. The summed E-state index contributed by atoms with van der Waals surface area (Å²) in [5, 5.41) is 2.41. The Morgan fingerprint density at radius 3 is 2.51 bits per heavy atom. The van der Waals surface area contributed by atoms with E-state index >= 15 is 0 Å². The lowest BCUT2D eigenvalue weighted by atomic mass is 9.82. The summed E-state index contributed by atoms with van der Waals surface area (Å²) in [6.07, 6.45) is 3.94. The van der Waals surface area contributed by atoms with Crippen LogP contribution in [0.25, 0.3) is 0 Å². The van der Waals surface area contributed by atoms with Crippen LogP contribution in [0.1, 0.15) is 70.4 Å². The molecule has 2 atom stereocenters. The number of halogens is 4. The molecule has 1 heterocycles. The zero-order valence-electron chi connectivity index (χ0n) is 23.8. The molecule has 0 radical (unpaired) electrons. The number of hydrogen-bond donors (Lipinski definition) is 2. The van der Waals surface area contributed by atoms with E-state index < -0.39 is 18.6 Å². The van der Waals surface area contributed by atoms with E-state index in [2.05, 4.69) is 9.98 Å². The Hall–Kier alpha value is -3.92. The van der Waals surface area contributed by atoms with Gasteiger partial charge in [-0.3, -0.25) is 14.6 Å². The molecule has 43 heavy (non-hydrogen) atoms. The van der Waals surface area contributed by atoms with Gasteiger partial charge >= 0.3 is 6.18 Å². The molecule has 11 heteroatoms. The van der Waals surface area contributed by atoms with Gasteiger partial charge in [-0.25, -0.2) is 4.98 Å². The summed E-state index contributed by atoms with van der Waals surface area (Å²) in [5.41, 5.74) is 8.23. The quantitative estimate of drug-likeness (QED) is 0.147. The molecule has 1 amide bonds. The maximum atomic E-state index is 13.3. The predicted molar refractivity (Wildman–Crippen MR) is 161 cm³/mol. The molecular weight excluding hydrogens is 581 g/mol. The van der Waals surface area contributed by atoms with E-state index in [0.29, 0.717) is 45.6 Å². The van der Waals surface area contributed by atoms with Crippen LogP contribution in [0.2, 0.25) is 5.02 Å². The summed E-state index contributed by atoms with van der Waals surface area (Å²) in [6.45, 7) is 0.751. The Labute approximate surface area is 253 Å². The molecular formula is C32H34ClF3N4O3. The van der Waals surface area contributed by atoms with E-state index in [1.54, 1.807) is 49.5 Å². The monoisotopic (exact) mass is 614 g/mol. The number of rotatable bonds is 9. The Morgan fingerprint density at radius 1 is 1.07 bits per heavy atom. The van der Waals surface area contributed by atoms with Crippen molar-refractivity contribution < 1.29 is 27.5 Å². The normalized spacial score (nSPS) is 17.7. The standard InChI is InChI=1S/C32H34ClF3N4O3/c1-20-26(31(42)40-19-32(34,35)36)13-14-28(37)27(20)18-38-16-21-4-2-3-5-22(7-6-21)30(41)23-8-11-25(12-9-23)43-29-15-10-24(33)17-39-29/h8-15,17-18,21-22H,2-7,16,19,37H2,1H3,(H,40,42). The fourth-order valence-corrected chi connectivity index (χ4v) is 5.31. The molecule has 2 unspecified atom stereocenters. The molecule has 1 aliphatic rings. The second-order valence-electron chi connectivity index (χ2n) is 10.8. The van der Waals surface area contributed by atoms with Gasteiger partial charge in [-0.1, -0.05) is 24.4 Å². The van der Waals surface area contributed by atoms with Crippen molar-refractivity contribution >= 4 is 35.2 Å². The minimum absolute atomic E-state index is 0.0822. The fraction of sp³-hybridized carbons (Fsp3) is 0.375. The van der Waals surface area contributed by atoms with Gasteiger partial charge in [0.05, 0.1) is 5.02 Å². The molecule has 1 saturated carbocycles. The number of benzene rings is 2. The topological polar surface area (TPSA) is 107 Å². The van der Waals surface area contributed by atoms with Crippen LogP contribution in [0.3, 0.4) is 0 Å². The van der Waals surface area contributed by atoms with Crippen molar-refractivity contribution in [2.75, 3.05) is 18.8 Å². The van der Waals surface area contributed by atoms with Gasteiger partial charge in [-0.15, -0.1) is 0 Å². The molecule has 0 saturated heterocycles. The molecule has 1 aromatic heterocycles. The van der Waals surface area contributed by atoms with Crippen molar-refractivity contribution in [3.05, 3.63) is 82.0 Å². The number of carbonyl (C=O) groups excluding carboxylic acids is 2. The molecule has 0 aliphatic heterocycles. The number of alkyl halides is 3. The number of nitrogens with zero attached hydrogens (tertiary/aromatic N) is 2. The molecule has 7 nitrogen and oxygen atoms in total. The van der Waals surface area contributed by atoms with Crippen LogP contribution < -0.4 is 15.8 Å². The average Bonchev–Trinajstić information content (AvgIpc) is 2.95. The van der Waals surface area contributed by atoms with Gasteiger partial charge < -0.3 is 15.8 Å². The number of hydrogen-bond acceptors (Lipinski definition) is 6. The maximum Gasteiger partial charge on any atom is 0.405 e. The third-order valence-corrected chi connectivity index (χ3v) is 7.82. The number of nitrogens with one attached hydrogen (secondary N) is 1. The molecule has 1 aliphatic carbocycles. The largest absolute Gasteiger partial charge is 0.439 e. The van der Waals surface area contributed by atoms with Crippen LogP contribution in [-0.4, -0.2) is 42.2 Å². The first kappa shape index (κ1) is 32.0. The molecule has 1 fully saturated rings. The van der Waals surface area contributed by atoms with Gasteiger partial charge in [-0.05, 0) is 86.6 Å². The summed E-state index contributed by atoms with van der Waals surface area (Å²) >= 11 is 5.86. The van der Waals surface area contributed by atoms with Crippen molar-refractivity contribution in [1.82, 2.24) is 10.3 Å². The second-order valence-corrected chi connectivity index (χ2v) is 11.2. The first-order valence-corrected chi connectivity index (χ1v) is 14.6. The number of nitrogens with two attached hydrogens (primary N) is 1. The highest BCUT2D eigenvalue weighted by Gasteiger charge is 2.28. The maximum absolute atomic E-state index is 13.3. The van der Waals surface area contributed by atoms with Gasteiger partial charge in [0.15, 0.2) is 5.78 Å². The van der Waals surface area contributed by atoms with E-state index in [1.807, 2.05) is 5.32 Å². The summed E-state index contributed by atoms with van der Waals surface area (Å²) < 4.78 is 43.3. The van der Waals surface area contributed by atoms with E-state index in [4.69, 9.17) is 22.1 Å². The summed E-state index contributed by atoms with van der Waals surface area (Å²) in [5.74, 6) is 0.473. The predicted octanol–water partition coefficient (Wildman–Crippen LogP) is 7.60. The molecule has 3 aromatic rings. The number of ether oxygens (including phenoxy) is 1. The molecule has 0 spiro atoms. The number of aliphatic imine (C=N–C) groups is 1. The third kappa shape index (κ3) is 9.28. The SMILES string of the molecule is Cc1c(C(=O)NCC(F)(F)F)ccc(N)c1C=NCC1CCCCC(C(=O)c2ccc(Oc3ccc(Cl)cn3)cc2)CC1. The number of nitrogen functional groups attached to an aromatic ring is 1. The number of pyridine rings is 1. The number of amides is 1. The van der Waals surface area contributed by atoms with Crippen molar-refractivity contribution in [2.45, 2.75) is 51.6 Å². The van der Waals surface area contributed by atoms with Gasteiger partial charge in [0.2, 0.25) is 5.88 Å². The molecule has 2 aromatic carbocycles. The highest BCUT2D eigenvalue weighted by Crippen LogP contribution is 2.30. The third-order valence-electron chi connectivity index (χ3n) is 7.60. The number of ketones is 1. The average molecular weight is 615 g/mol. The van der Waals surface area contributed by atoms with Gasteiger partial charge in [0, 0.05) is 53.3 Å². The van der Waals surface area contributed by atoms with E-state index in [0.717, 1.165) is 38.5 Å². The van der Waals surface area contributed by atoms with Crippen molar-refractivity contribution in [2.24, 2.45) is 16.8 Å².